The number of anilines is 1. The second kappa shape index (κ2) is 8.84. The lowest BCUT2D eigenvalue weighted by Crippen LogP contribution is -2.59. The molecule has 0 saturated carbocycles. The van der Waals surface area contributed by atoms with E-state index in [0.29, 0.717) is 12.1 Å². The number of ether oxygens (including phenoxy) is 2. The lowest BCUT2D eigenvalue weighted by atomic mass is 9.92. The molecule has 0 radical (unpaired) electrons. The molecule has 0 spiro atoms. The minimum atomic E-state index is -2.09. The highest BCUT2D eigenvalue weighted by atomic mass is 28.4. The van der Waals surface area contributed by atoms with Gasteiger partial charge in [-0.3, -0.25) is 4.98 Å². The number of carbonyl (C=O) groups is 1. The minimum Gasteiger partial charge on any atom is -0.444 e. The van der Waals surface area contributed by atoms with Gasteiger partial charge in [-0.1, -0.05) is 20.8 Å². The Morgan fingerprint density at radius 1 is 1.27 bits per heavy atom. The van der Waals surface area contributed by atoms with Crippen molar-refractivity contribution in [2.75, 3.05) is 5.73 Å². The normalized spacial score (nSPS) is 25.6. The molecule has 170 valence electrons. The lowest BCUT2D eigenvalue weighted by Gasteiger charge is -2.47. The fraction of sp³-hybridized carbons (Fsp3) is 0.727. The van der Waals surface area contributed by atoms with Gasteiger partial charge in [-0.15, -0.1) is 0 Å². The number of amides is 1. The highest BCUT2D eigenvalue weighted by Gasteiger charge is 2.46. The number of pyridine rings is 1. The van der Waals surface area contributed by atoms with Crippen molar-refractivity contribution < 1.29 is 18.7 Å². The Labute approximate surface area is 182 Å². The van der Waals surface area contributed by atoms with Gasteiger partial charge in [-0.25, -0.2) is 4.79 Å². The van der Waals surface area contributed by atoms with E-state index in [-0.39, 0.29) is 29.4 Å². The van der Waals surface area contributed by atoms with Crippen LogP contribution in [0.1, 0.15) is 66.6 Å². The third-order valence-electron chi connectivity index (χ3n) is 5.88. The van der Waals surface area contributed by atoms with Crippen molar-refractivity contribution in [1.82, 2.24) is 10.3 Å². The number of hydrogen-bond donors (Lipinski definition) is 2. The lowest BCUT2D eigenvalue weighted by molar-refractivity contribution is -0.119. The van der Waals surface area contributed by atoms with Gasteiger partial charge in [-0.2, -0.15) is 0 Å². The maximum atomic E-state index is 12.6. The van der Waals surface area contributed by atoms with E-state index in [1.807, 2.05) is 33.8 Å². The summed E-state index contributed by atoms with van der Waals surface area (Å²) in [4.78, 5) is 16.7. The predicted octanol–water partition coefficient (Wildman–Crippen LogP) is 4.80. The maximum absolute atomic E-state index is 12.6. The summed E-state index contributed by atoms with van der Waals surface area (Å²) in [7, 11) is -2.09. The second-order valence-corrected chi connectivity index (χ2v) is 15.4. The number of rotatable bonds is 4. The van der Waals surface area contributed by atoms with Gasteiger partial charge < -0.3 is 25.0 Å². The van der Waals surface area contributed by atoms with Gasteiger partial charge in [0, 0.05) is 18.2 Å². The molecule has 1 aliphatic heterocycles. The molecule has 30 heavy (non-hydrogen) atoms. The molecule has 3 N–H and O–H groups in total. The van der Waals surface area contributed by atoms with Crippen LogP contribution in [0.5, 0.6) is 0 Å². The molecule has 4 atom stereocenters. The molecule has 2 heterocycles. The van der Waals surface area contributed by atoms with Crippen molar-refractivity contribution in [2.24, 2.45) is 0 Å². The van der Waals surface area contributed by atoms with Crippen LogP contribution in [0, 0.1) is 0 Å². The highest BCUT2D eigenvalue weighted by Crippen LogP contribution is 2.41. The summed E-state index contributed by atoms with van der Waals surface area (Å²) in [6.07, 6.45) is 2.64. The Bertz CT molecular complexity index is 743. The van der Waals surface area contributed by atoms with E-state index in [2.05, 4.69) is 44.2 Å². The fourth-order valence-corrected chi connectivity index (χ4v) is 4.68. The SMILES string of the molecule is CC1OC(c2ccncc2N)CC(NC(=O)OC(C)(C)C)C1O[Si](C)(C)C(C)(C)C. The smallest absolute Gasteiger partial charge is 0.407 e. The van der Waals surface area contributed by atoms with Crippen LogP contribution in [0.15, 0.2) is 18.5 Å². The Kier molecular flexibility index (Phi) is 7.26. The van der Waals surface area contributed by atoms with Gasteiger partial charge in [-0.05, 0) is 51.9 Å². The number of aromatic nitrogens is 1. The summed E-state index contributed by atoms with van der Waals surface area (Å²) in [6.45, 7) is 18.5. The van der Waals surface area contributed by atoms with Crippen molar-refractivity contribution in [3.05, 3.63) is 24.0 Å². The molecular weight excluding hydrogens is 398 g/mol. The van der Waals surface area contributed by atoms with Gasteiger partial charge in [0.05, 0.1) is 36.2 Å². The second-order valence-electron chi connectivity index (χ2n) is 10.7. The Hall–Kier alpha value is -1.64. The number of nitrogen functional groups attached to an aromatic ring is 1. The van der Waals surface area contributed by atoms with Crippen LogP contribution in [0.4, 0.5) is 10.5 Å². The molecule has 7 nitrogen and oxygen atoms in total. The number of carbonyl (C=O) groups excluding carboxylic acids is 1. The zero-order chi connectivity index (χ0) is 22.9. The molecule has 2 rings (SSSR count). The molecule has 4 unspecified atom stereocenters. The summed E-state index contributed by atoms with van der Waals surface area (Å²) in [6, 6.07) is 1.60. The van der Waals surface area contributed by atoms with Crippen LogP contribution in [0.25, 0.3) is 0 Å². The molecule has 0 bridgehead atoms. The van der Waals surface area contributed by atoms with Crippen LogP contribution in [0.2, 0.25) is 18.1 Å². The topological polar surface area (TPSA) is 95.7 Å². The zero-order valence-electron chi connectivity index (χ0n) is 19.9. The van der Waals surface area contributed by atoms with E-state index < -0.39 is 20.0 Å². The zero-order valence-corrected chi connectivity index (χ0v) is 20.9. The molecule has 1 fully saturated rings. The first kappa shape index (κ1) is 24.6. The fourth-order valence-electron chi connectivity index (χ4n) is 3.29. The summed E-state index contributed by atoms with van der Waals surface area (Å²) in [5, 5.41) is 3.09. The van der Waals surface area contributed by atoms with Crippen molar-refractivity contribution in [3.63, 3.8) is 0 Å². The molecule has 1 aromatic rings. The number of nitrogens with one attached hydrogen (secondary N) is 1. The van der Waals surface area contributed by atoms with Crippen LogP contribution in [0.3, 0.4) is 0 Å². The van der Waals surface area contributed by atoms with Crippen LogP contribution < -0.4 is 11.1 Å². The Morgan fingerprint density at radius 3 is 2.43 bits per heavy atom. The average Bonchev–Trinajstić information content (AvgIpc) is 2.55. The Balaban J connectivity index is 2.30. The van der Waals surface area contributed by atoms with Crippen LogP contribution >= 0.6 is 0 Å². The summed E-state index contributed by atoms with van der Waals surface area (Å²) in [5.74, 6) is 0. The molecule has 1 saturated heterocycles. The van der Waals surface area contributed by atoms with E-state index >= 15 is 0 Å². The van der Waals surface area contributed by atoms with Crippen molar-refractivity contribution in [1.29, 1.82) is 0 Å². The summed E-state index contributed by atoms with van der Waals surface area (Å²) < 4.78 is 18.6. The minimum absolute atomic E-state index is 0.0373. The first-order chi connectivity index (χ1) is 13.6. The van der Waals surface area contributed by atoms with Gasteiger partial charge in [0.15, 0.2) is 8.32 Å². The largest absolute Gasteiger partial charge is 0.444 e. The third kappa shape index (κ3) is 6.18. The van der Waals surface area contributed by atoms with Gasteiger partial charge in [0.2, 0.25) is 0 Å². The monoisotopic (exact) mass is 437 g/mol. The van der Waals surface area contributed by atoms with Gasteiger partial charge in [0.25, 0.3) is 0 Å². The standard InChI is InChI=1S/C22H39N3O4Si/c1-14-19(29-30(8,9)22(5,6)7)17(25-20(26)28-21(2,3)4)12-18(27-14)15-10-11-24-13-16(15)23/h10-11,13-14,17-19H,12,23H2,1-9H3,(H,25,26). The quantitative estimate of drug-likeness (QED) is 0.657. The molecule has 1 aromatic heterocycles. The summed E-state index contributed by atoms with van der Waals surface area (Å²) >= 11 is 0. The first-order valence-electron chi connectivity index (χ1n) is 10.6. The molecular formula is C22H39N3O4Si. The van der Waals surface area contributed by atoms with E-state index in [0.717, 1.165) is 5.56 Å². The molecule has 1 amide bonds. The highest BCUT2D eigenvalue weighted by molar-refractivity contribution is 6.74. The van der Waals surface area contributed by atoms with Crippen molar-refractivity contribution in [3.8, 4) is 0 Å². The van der Waals surface area contributed by atoms with E-state index in [9.17, 15) is 4.79 Å². The van der Waals surface area contributed by atoms with Crippen LogP contribution in [-0.2, 0) is 13.9 Å². The third-order valence-corrected chi connectivity index (χ3v) is 10.4. The molecule has 0 aromatic carbocycles. The van der Waals surface area contributed by atoms with Gasteiger partial charge in [0.1, 0.15) is 5.60 Å². The van der Waals surface area contributed by atoms with E-state index in [4.69, 9.17) is 19.6 Å². The molecule has 0 aliphatic carbocycles. The van der Waals surface area contributed by atoms with E-state index in [1.165, 1.54) is 0 Å². The number of nitrogens with two attached hydrogens (primary N) is 1. The Morgan fingerprint density at radius 2 is 1.90 bits per heavy atom. The predicted molar refractivity (Wildman–Crippen MR) is 122 cm³/mol. The van der Waals surface area contributed by atoms with Gasteiger partial charge >= 0.3 is 6.09 Å². The van der Waals surface area contributed by atoms with Crippen molar-refractivity contribution >= 4 is 20.1 Å². The number of alkyl carbamates (subject to hydrolysis) is 1. The first-order valence-corrected chi connectivity index (χ1v) is 13.5. The average molecular weight is 438 g/mol. The maximum Gasteiger partial charge on any atom is 0.407 e. The van der Waals surface area contributed by atoms with Crippen molar-refractivity contribution in [2.45, 2.75) is 103 Å². The van der Waals surface area contributed by atoms with E-state index in [1.54, 1.807) is 12.4 Å². The van der Waals surface area contributed by atoms with Crippen LogP contribution in [-0.4, -0.2) is 43.2 Å². The molecule has 1 aliphatic rings. The molecule has 8 heteroatoms. The number of hydrogen-bond acceptors (Lipinski definition) is 6. The summed E-state index contributed by atoms with van der Waals surface area (Å²) in [5.41, 5.74) is 7.02. The number of nitrogens with zero attached hydrogens (tertiary/aromatic N) is 1.